The minimum absolute atomic E-state index is 0.124. The molecule has 0 heterocycles. The van der Waals surface area contributed by atoms with E-state index in [1.807, 2.05) is 0 Å². The second kappa shape index (κ2) is 5.60. The summed E-state index contributed by atoms with van der Waals surface area (Å²) in [5.41, 5.74) is 1.46. The van der Waals surface area contributed by atoms with Gasteiger partial charge in [0.25, 0.3) is 10.0 Å². The highest BCUT2D eigenvalue weighted by molar-refractivity contribution is 7.92. The molecule has 0 unspecified atom stereocenters. The van der Waals surface area contributed by atoms with E-state index in [4.69, 9.17) is 5.11 Å². The van der Waals surface area contributed by atoms with E-state index in [-0.39, 0.29) is 17.2 Å². The molecule has 0 fully saturated rings. The van der Waals surface area contributed by atoms with Crippen molar-refractivity contribution >= 4 is 15.7 Å². The van der Waals surface area contributed by atoms with Gasteiger partial charge < -0.3 is 5.11 Å². The molecule has 0 spiro atoms. The molecule has 0 radical (unpaired) electrons. The quantitative estimate of drug-likeness (QED) is 0.910. The summed E-state index contributed by atoms with van der Waals surface area (Å²) in [5.74, 6) is -0.434. The highest BCUT2D eigenvalue weighted by Crippen LogP contribution is 2.20. The number of anilines is 1. The zero-order chi connectivity index (χ0) is 14.8. The van der Waals surface area contributed by atoms with Crippen LogP contribution in [-0.4, -0.2) is 13.5 Å². The van der Waals surface area contributed by atoms with E-state index >= 15 is 0 Å². The Bertz CT molecular complexity index is 712. The van der Waals surface area contributed by atoms with Crippen molar-refractivity contribution in [1.29, 1.82) is 0 Å². The minimum Gasteiger partial charge on any atom is -0.392 e. The molecule has 0 aromatic heterocycles. The SMILES string of the molecule is Cc1cc(CO)ccc1S(=O)(=O)Nc1ccc(F)cc1. The standard InChI is InChI=1S/C14H14FNO3S/c1-10-8-11(9-17)2-7-14(10)20(18,19)16-13-5-3-12(15)4-6-13/h2-8,16-17H,9H2,1H3. The van der Waals surface area contributed by atoms with E-state index in [2.05, 4.69) is 4.72 Å². The molecule has 0 aliphatic carbocycles. The lowest BCUT2D eigenvalue weighted by Crippen LogP contribution is -2.14. The number of aryl methyl sites for hydroxylation is 1. The molecule has 0 atom stereocenters. The molecule has 0 aliphatic heterocycles. The highest BCUT2D eigenvalue weighted by atomic mass is 32.2. The number of rotatable bonds is 4. The third-order valence-corrected chi connectivity index (χ3v) is 4.35. The van der Waals surface area contributed by atoms with Crippen LogP contribution in [0.25, 0.3) is 0 Å². The van der Waals surface area contributed by atoms with E-state index in [0.717, 1.165) is 0 Å². The molecule has 6 heteroatoms. The first-order valence-electron chi connectivity index (χ1n) is 5.91. The van der Waals surface area contributed by atoms with Crippen LogP contribution < -0.4 is 4.72 Å². The lowest BCUT2D eigenvalue weighted by Gasteiger charge is -2.11. The van der Waals surface area contributed by atoms with Gasteiger partial charge in [0.05, 0.1) is 11.5 Å². The lowest BCUT2D eigenvalue weighted by atomic mass is 10.1. The van der Waals surface area contributed by atoms with Gasteiger partial charge in [0.2, 0.25) is 0 Å². The second-order valence-electron chi connectivity index (χ2n) is 4.37. The summed E-state index contributed by atoms with van der Waals surface area (Å²) in [6, 6.07) is 9.66. The van der Waals surface area contributed by atoms with Crippen molar-refractivity contribution in [3.8, 4) is 0 Å². The lowest BCUT2D eigenvalue weighted by molar-refractivity contribution is 0.281. The first kappa shape index (κ1) is 14.5. The number of sulfonamides is 1. The Morgan fingerprint density at radius 1 is 1.15 bits per heavy atom. The van der Waals surface area contributed by atoms with Crippen molar-refractivity contribution in [3.05, 3.63) is 59.4 Å². The van der Waals surface area contributed by atoms with Gasteiger partial charge in [-0.25, -0.2) is 12.8 Å². The van der Waals surface area contributed by atoms with Crippen LogP contribution in [0.2, 0.25) is 0 Å². The molecule has 0 bridgehead atoms. The third kappa shape index (κ3) is 3.15. The monoisotopic (exact) mass is 295 g/mol. The zero-order valence-corrected chi connectivity index (χ0v) is 11.6. The summed E-state index contributed by atoms with van der Waals surface area (Å²) < 4.78 is 39.7. The maximum absolute atomic E-state index is 12.8. The van der Waals surface area contributed by atoms with Crippen LogP contribution in [0, 0.1) is 12.7 Å². The van der Waals surface area contributed by atoms with Gasteiger partial charge in [-0.05, 0) is 48.4 Å². The van der Waals surface area contributed by atoms with Crippen LogP contribution in [-0.2, 0) is 16.6 Å². The summed E-state index contributed by atoms with van der Waals surface area (Å²) in [7, 11) is -3.74. The normalized spacial score (nSPS) is 11.3. The number of aliphatic hydroxyl groups is 1. The van der Waals surface area contributed by atoms with Crippen LogP contribution in [0.1, 0.15) is 11.1 Å². The molecule has 0 saturated heterocycles. The topological polar surface area (TPSA) is 66.4 Å². The molecule has 2 aromatic rings. The average Bonchev–Trinajstić information content (AvgIpc) is 2.40. The molecular weight excluding hydrogens is 281 g/mol. The van der Waals surface area contributed by atoms with Gasteiger partial charge in [0.15, 0.2) is 0 Å². The number of halogens is 1. The predicted octanol–water partition coefficient (Wildman–Crippen LogP) is 2.43. The molecule has 2 rings (SSSR count). The maximum Gasteiger partial charge on any atom is 0.262 e. The molecule has 106 valence electrons. The first-order chi connectivity index (χ1) is 9.42. The summed E-state index contributed by atoms with van der Waals surface area (Å²) in [5, 5.41) is 9.02. The number of hydrogen-bond donors (Lipinski definition) is 2. The number of nitrogens with one attached hydrogen (secondary N) is 1. The van der Waals surface area contributed by atoms with Gasteiger partial charge in [-0.2, -0.15) is 0 Å². The van der Waals surface area contributed by atoms with Crippen molar-refractivity contribution in [3.63, 3.8) is 0 Å². The van der Waals surface area contributed by atoms with E-state index < -0.39 is 15.8 Å². The summed E-state index contributed by atoms with van der Waals surface area (Å²) in [4.78, 5) is 0.124. The Hall–Kier alpha value is -1.92. The van der Waals surface area contributed by atoms with Crippen LogP contribution >= 0.6 is 0 Å². The molecule has 2 N–H and O–H groups in total. The van der Waals surface area contributed by atoms with Crippen LogP contribution in [0.3, 0.4) is 0 Å². The highest BCUT2D eigenvalue weighted by Gasteiger charge is 2.17. The van der Waals surface area contributed by atoms with Gasteiger partial charge in [0.1, 0.15) is 5.82 Å². The Morgan fingerprint density at radius 2 is 1.80 bits per heavy atom. The van der Waals surface area contributed by atoms with Crippen LogP contribution in [0.4, 0.5) is 10.1 Å². The molecule has 0 saturated carbocycles. The molecule has 0 aliphatic rings. The van der Waals surface area contributed by atoms with Gasteiger partial charge >= 0.3 is 0 Å². The molecule has 20 heavy (non-hydrogen) atoms. The fourth-order valence-corrected chi connectivity index (χ4v) is 3.13. The van der Waals surface area contributed by atoms with Crippen molar-refractivity contribution in [2.45, 2.75) is 18.4 Å². The van der Waals surface area contributed by atoms with E-state index in [1.165, 1.54) is 30.3 Å². The molecule has 4 nitrogen and oxygen atoms in total. The fraction of sp³-hybridized carbons (Fsp3) is 0.143. The molecule has 0 amide bonds. The largest absolute Gasteiger partial charge is 0.392 e. The van der Waals surface area contributed by atoms with Crippen molar-refractivity contribution in [2.75, 3.05) is 4.72 Å². The number of hydrogen-bond acceptors (Lipinski definition) is 3. The predicted molar refractivity (Wildman–Crippen MR) is 74.3 cm³/mol. The van der Waals surface area contributed by atoms with Crippen LogP contribution in [0.15, 0.2) is 47.4 Å². The second-order valence-corrected chi connectivity index (χ2v) is 6.02. The Labute approximate surface area is 116 Å². The van der Waals surface area contributed by atoms with Gasteiger partial charge in [-0.3, -0.25) is 4.72 Å². The first-order valence-corrected chi connectivity index (χ1v) is 7.39. The smallest absolute Gasteiger partial charge is 0.262 e. The van der Waals surface area contributed by atoms with Gasteiger partial charge in [-0.15, -0.1) is 0 Å². The molecule has 2 aromatic carbocycles. The summed E-state index contributed by atoms with van der Waals surface area (Å²) in [6.45, 7) is 1.50. The third-order valence-electron chi connectivity index (χ3n) is 2.81. The number of benzene rings is 2. The van der Waals surface area contributed by atoms with Crippen molar-refractivity contribution in [1.82, 2.24) is 0 Å². The van der Waals surface area contributed by atoms with Gasteiger partial charge in [-0.1, -0.05) is 12.1 Å². The zero-order valence-electron chi connectivity index (χ0n) is 10.8. The number of aliphatic hydroxyl groups excluding tert-OH is 1. The minimum atomic E-state index is -3.74. The van der Waals surface area contributed by atoms with Crippen molar-refractivity contribution < 1.29 is 17.9 Å². The Morgan fingerprint density at radius 3 is 2.35 bits per heavy atom. The van der Waals surface area contributed by atoms with E-state index in [0.29, 0.717) is 11.1 Å². The Balaban J connectivity index is 2.33. The summed E-state index contributed by atoms with van der Waals surface area (Å²) >= 11 is 0. The Kier molecular flexibility index (Phi) is 4.06. The molecular formula is C14H14FNO3S. The van der Waals surface area contributed by atoms with Crippen LogP contribution in [0.5, 0.6) is 0 Å². The summed E-state index contributed by atoms with van der Waals surface area (Å²) in [6.07, 6.45) is 0. The van der Waals surface area contributed by atoms with E-state index in [9.17, 15) is 12.8 Å². The average molecular weight is 295 g/mol. The van der Waals surface area contributed by atoms with E-state index in [1.54, 1.807) is 19.1 Å². The van der Waals surface area contributed by atoms with Gasteiger partial charge in [0, 0.05) is 5.69 Å². The maximum atomic E-state index is 12.8. The fourth-order valence-electron chi connectivity index (χ4n) is 1.84. The van der Waals surface area contributed by atoms with Crippen molar-refractivity contribution in [2.24, 2.45) is 0 Å².